The summed E-state index contributed by atoms with van der Waals surface area (Å²) in [6.07, 6.45) is 2.68. The average Bonchev–Trinajstić information content (AvgIpc) is 2.34. The Morgan fingerprint density at radius 2 is 2.36 bits per heavy atom. The van der Waals surface area contributed by atoms with E-state index in [4.69, 9.17) is 16.0 Å². The van der Waals surface area contributed by atoms with Crippen molar-refractivity contribution in [2.24, 2.45) is 5.92 Å². The number of rotatable bonds is 3. The highest BCUT2D eigenvalue weighted by molar-refractivity contribution is 6.16. The Balaban J connectivity index is 2.58. The molecule has 1 aromatic heterocycles. The maximum absolute atomic E-state index is 5.52. The quantitative estimate of drug-likeness (QED) is 0.657. The van der Waals surface area contributed by atoms with Crippen LogP contribution in [-0.2, 0) is 12.3 Å². The second-order valence-corrected chi connectivity index (χ2v) is 3.22. The Kier molecular flexibility index (Phi) is 2.94. The van der Waals surface area contributed by atoms with Gasteiger partial charge in [-0.25, -0.2) is 4.98 Å². The molecule has 1 aromatic rings. The van der Waals surface area contributed by atoms with Gasteiger partial charge in [-0.05, 0) is 5.92 Å². The van der Waals surface area contributed by atoms with Crippen molar-refractivity contribution in [3.05, 3.63) is 17.8 Å². The first-order chi connectivity index (χ1) is 5.22. The molecule has 0 saturated carbocycles. The minimum atomic E-state index is 0.359. The number of halogens is 1. The largest absolute Gasteiger partial charge is 0.444 e. The van der Waals surface area contributed by atoms with Crippen LogP contribution in [0, 0.1) is 5.92 Å². The SMILES string of the molecule is CC(C)Cc1cnc(CCl)o1. The summed E-state index contributed by atoms with van der Waals surface area (Å²) in [6, 6.07) is 0. The van der Waals surface area contributed by atoms with Crippen LogP contribution >= 0.6 is 11.6 Å². The van der Waals surface area contributed by atoms with E-state index in [1.807, 2.05) is 0 Å². The molecule has 11 heavy (non-hydrogen) atoms. The lowest BCUT2D eigenvalue weighted by atomic mass is 10.1. The zero-order chi connectivity index (χ0) is 8.27. The van der Waals surface area contributed by atoms with Crippen molar-refractivity contribution in [2.75, 3.05) is 0 Å². The zero-order valence-corrected chi connectivity index (χ0v) is 7.56. The number of hydrogen-bond donors (Lipinski definition) is 0. The highest BCUT2D eigenvalue weighted by Gasteiger charge is 2.03. The summed E-state index contributed by atoms with van der Waals surface area (Å²) in [5, 5.41) is 0. The Hall–Kier alpha value is -0.500. The lowest BCUT2D eigenvalue weighted by Crippen LogP contribution is -1.90. The Bertz CT molecular complexity index is 220. The molecule has 0 saturated heterocycles. The van der Waals surface area contributed by atoms with E-state index in [1.165, 1.54) is 0 Å². The van der Waals surface area contributed by atoms with E-state index in [0.717, 1.165) is 12.2 Å². The standard InChI is InChI=1S/C8H12ClNO/c1-6(2)3-7-5-10-8(4-9)11-7/h5-6H,3-4H2,1-2H3. The van der Waals surface area contributed by atoms with Gasteiger partial charge < -0.3 is 4.42 Å². The smallest absolute Gasteiger partial charge is 0.209 e. The average molecular weight is 174 g/mol. The van der Waals surface area contributed by atoms with Crippen molar-refractivity contribution in [1.29, 1.82) is 0 Å². The summed E-state index contributed by atoms with van der Waals surface area (Å²) in [5.74, 6) is 2.50. The van der Waals surface area contributed by atoms with E-state index in [2.05, 4.69) is 18.8 Å². The van der Waals surface area contributed by atoms with Crippen molar-refractivity contribution >= 4 is 11.6 Å². The van der Waals surface area contributed by atoms with Crippen LogP contribution in [0.1, 0.15) is 25.5 Å². The summed E-state index contributed by atoms with van der Waals surface area (Å²) in [6.45, 7) is 4.28. The summed E-state index contributed by atoms with van der Waals surface area (Å²) >= 11 is 5.52. The van der Waals surface area contributed by atoms with Crippen molar-refractivity contribution in [2.45, 2.75) is 26.1 Å². The van der Waals surface area contributed by atoms with E-state index < -0.39 is 0 Å². The number of oxazole rings is 1. The predicted molar refractivity (Wildman–Crippen MR) is 44.6 cm³/mol. The number of aromatic nitrogens is 1. The minimum absolute atomic E-state index is 0.359. The number of nitrogens with zero attached hydrogens (tertiary/aromatic N) is 1. The first kappa shape index (κ1) is 8.60. The van der Waals surface area contributed by atoms with E-state index in [-0.39, 0.29) is 0 Å². The molecule has 3 heteroatoms. The molecule has 2 nitrogen and oxygen atoms in total. The fourth-order valence-corrected chi connectivity index (χ4v) is 1.03. The molecule has 0 aliphatic carbocycles. The second kappa shape index (κ2) is 3.77. The third-order valence-electron chi connectivity index (χ3n) is 1.33. The molecule has 0 aliphatic heterocycles. The van der Waals surface area contributed by atoms with Crippen LogP contribution < -0.4 is 0 Å². The van der Waals surface area contributed by atoms with Crippen LogP contribution in [0.2, 0.25) is 0 Å². The number of hydrogen-bond acceptors (Lipinski definition) is 2. The molecule has 0 radical (unpaired) electrons. The van der Waals surface area contributed by atoms with Gasteiger partial charge in [0, 0.05) is 6.42 Å². The normalized spacial score (nSPS) is 10.9. The third-order valence-corrected chi connectivity index (χ3v) is 1.55. The van der Waals surface area contributed by atoms with Crippen LogP contribution in [-0.4, -0.2) is 4.98 Å². The Morgan fingerprint density at radius 3 is 2.82 bits per heavy atom. The minimum Gasteiger partial charge on any atom is -0.444 e. The van der Waals surface area contributed by atoms with Gasteiger partial charge in [0.1, 0.15) is 5.76 Å². The van der Waals surface area contributed by atoms with E-state index in [0.29, 0.717) is 17.7 Å². The van der Waals surface area contributed by atoms with Gasteiger partial charge in [0.25, 0.3) is 0 Å². The van der Waals surface area contributed by atoms with Gasteiger partial charge in [-0.1, -0.05) is 13.8 Å². The second-order valence-electron chi connectivity index (χ2n) is 2.95. The summed E-state index contributed by atoms with van der Waals surface area (Å²) in [5.41, 5.74) is 0. The van der Waals surface area contributed by atoms with Crippen LogP contribution in [0.15, 0.2) is 10.6 Å². The van der Waals surface area contributed by atoms with Gasteiger partial charge in [-0.2, -0.15) is 0 Å². The van der Waals surface area contributed by atoms with Crippen molar-refractivity contribution in [3.8, 4) is 0 Å². The number of alkyl halides is 1. The first-order valence-electron chi connectivity index (χ1n) is 3.72. The van der Waals surface area contributed by atoms with E-state index in [9.17, 15) is 0 Å². The molecular weight excluding hydrogens is 162 g/mol. The van der Waals surface area contributed by atoms with Crippen LogP contribution in [0.4, 0.5) is 0 Å². The maximum atomic E-state index is 5.52. The lowest BCUT2D eigenvalue weighted by Gasteiger charge is -1.97. The van der Waals surface area contributed by atoms with Gasteiger partial charge in [0.2, 0.25) is 5.89 Å². The zero-order valence-electron chi connectivity index (χ0n) is 6.80. The fourth-order valence-electron chi connectivity index (χ4n) is 0.907. The topological polar surface area (TPSA) is 26.0 Å². The lowest BCUT2D eigenvalue weighted by molar-refractivity contribution is 0.444. The highest BCUT2D eigenvalue weighted by Crippen LogP contribution is 2.10. The molecule has 62 valence electrons. The molecular formula is C8H12ClNO. The molecule has 0 spiro atoms. The summed E-state index contributed by atoms with van der Waals surface area (Å²) in [4.78, 5) is 3.99. The van der Waals surface area contributed by atoms with Gasteiger partial charge in [-0.15, -0.1) is 11.6 Å². The fraction of sp³-hybridized carbons (Fsp3) is 0.625. The molecule has 0 N–H and O–H groups in total. The highest BCUT2D eigenvalue weighted by atomic mass is 35.5. The molecule has 0 unspecified atom stereocenters. The molecule has 1 heterocycles. The van der Waals surface area contributed by atoms with Crippen LogP contribution in [0.5, 0.6) is 0 Å². The van der Waals surface area contributed by atoms with Gasteiger partial charge >= 0.3 is 0 Å². The molecule has 0 atom stereocenters. The maximum Gasteiger partial charge on any atom is 0.209 e. The van der Waals surface area contributed by atoms with Crippen LogP contribution in [0.3, 0.4) is 0 Å². The van der Waals surface area contributed by atoms with Gasteiger partial charge in [0.05, 0.1) is 12.1 Å². The molecule has 0 aliphatic rings. The van der Waals surface area contributed by atoms with E-state index >= 15 is 0 Å². The van der Waals surface area contributed by atoms with E-state index in [1.54, 1.807) is 6.20 Å². The molecule has 0 amide bonds. The molecule has 0 fully saturated rings. The summed E-state index contributed by atoms with van der Waals surface area (Å²) < 4.78 is 5.30. The molecule has 0 aromatic carbocycles. The summed E-state index contributed by atoms with van der Waals surface area (Å²) in [7, 11) is 0. The third kappa shape index (κ3) is 2.54. The van der Waals surface area contributed by atoms with Gasteiger partial charge in [-0.3, -0.25) is 0 Å². The van der Waals surface area contributed by atoms with Gasteiger partial charge in [0.15, 0.2) is 0 Å². The van der Waals surface area contributed by atoms with Crippen molar-refractivity contribution in [1.82, 2.24) is 4.98 Å². The Labute approximate surface area is 71.6 Å². The molecule has 0 bridgehead atoms. The Morgan fingerprint density at radius 1 is 1.64 bits per heavy atom. The predicted octanol–water partition coefficient (Wildman–Crippen LogP) is 2.61. The van der Waals surface area contributed by atoms with Crippen molar-refractivity contribution in [3.63, 3.8) is 0 Å². The monoisotopic (exact) mass is 173 g/mol. The van der Waals surface area contributed by atoms with Crippen LogP contribution in [0.25, 0.3) is 0 Å². The molecule has 1 rings (SSSR count). The first-order valence-corrected chi connectivity index (χ1v) is 4.25. The van der Waals surface area contributed by atoms with Crippen molar-refractivity contribution < 1.29 is 4.42 Å².